The Kier molecular flexibility index (Phi) is 4.27. The van der Waals surface area contributed by atoms with E-state index in [1.807, 2.05) is 6.07 Å². The van der Waals surface area contributed by atoms with Crippen molar-refractivity contribution in [3.63, 3.8) is 0 Å². The molecule has 0 aromatic heterocycles. The highest BCUT2D eigenvalue weighted by atomic mass is 16.7. The quantitative estimate of drug-likeness (QED) is 0.850. The SMILES string of the molecule is O=C(CN1CCN(c2ccc3c(c2)OCCO3)C1=O)Nc1ccc2c(c1)OCO2. The van der Waals surface area contributed by atoms with Crippen molar-refractivity contribution in [2.45, 2.75) is 0 Å². The van der Waals surface area contributed by atoms with Gasteiger partial charge in [-0.3, -0.25) is 9.69 Å². The zero-order valence-corrected chi connectivity index (χ0v) is 15.6. The molecule has 29 heavy (non-hydrogen) atoms. The maximum Gasteiger partial charge on any atom is 0.325 e. The molecule has 0 spiro atoms. The first-order chi connectivity index (χ1) is 14.2. The van der Waals surface area contributed by atoms with Crippen molar-refractivity contribution in [3.05, 3.63) is 36.4 Å². The van der Waals surface area contributed by atoms with E-state index >= 15 is 0 Å². The van der Waals surface area contributed by atoms with Crippen molar-refractivity contribution < 1.29 is 28.5 Å². The van der Waals surface area contributed by atoms with Gasteiger partial charge in [0, 0.05) is 36.6 Å². The predicted octanol–water partition coefficient (Wildman–Crippen LogP) is 2.07. The first-order valence-electron chi connectivity index (χ1n) is 9.33. The fourth-order valence-electron chi connectivity index (χ4n) is 3.52. The zero-order chi connectivity index (χ0) is 19.8. The molecule has 3 aliphatic heterocycles. The average molecular weight is 397 g/mol. The Labute approximate surface area is 166 Å². The van der Waals surface area contributed by atoms with Crippen LogP contribution in [0.2, 0.25) is 0 Å². The molecule has 9 nitrogen and oxygen atoms in total. The normalized spacial score (nSPS) is 16.9. The van der Waals surface area contributed by atoms with Gasteiger partial charge in [-0.05, 0) is 24.3 Å². The summed E-state index contributed by atoms with van der Waals surface area (Å²) in [6.07, 6.45) is 0. The number of hydrogen-bond donors (Lipinski definition) is 1. The average Bonchev–Trinajstić information content (AvgIpc) is 3.34. The molecule has 9 heteroatoms. The van der Waals surface area contributed by atoms with Gasteiger partial charge in [0.25, 0.3) is 0 Å². The maximum absolute atomic E-state index is 12.8. The summed E-state index contributed by atoms with van der Waals surface area (Å²) in [6.45, 7) is 2.09. The third-order valence-electron chi connectivity index (χ3n) is 4.92. The maximum atomic E-state index is 12.8. The van der Waals surface area contributed by atoms with Crippen LogP contribution in [0.25, 0.3) is 0 Å². The number of nitrogens with zero attached hydrogens (tertiary/aromatic N) is 2. The molecule has 0 aliphatic carbocycles. The van der Waals surface area contributed by atoms with E-state index < -0.39 is 0 Å². The van der Waals surface area contributed by atoms with Crippen LogP contribution in [0.5, 0.6) is 23.0 Å². The Morgan fingerprint density at radius 3 is 2.52 bits per heavy atom. The number of rotatable bonds is 4. The summed E-state index contributed by atoms with van der Waals surface area (Å²) >= 11 is 0. The molecule has 5 rings (SSSR count). The molecule has 1 N–H and O–H groups in total. The molecule has 1 saturated heterocycles. The van der Waals surface area contributed by atoms with Crippen molar-refractivity contribution >= 4 is 23.3 Å². The number of benzene rings is 2. The van der Waals surface area contributed by atoms with Crippen LogP contribution in [0.1, 0.15) is 0 Å². The number of ether oxygens (including phenoxy) is 4. The molecule has 1 fully saturated rings. The molecule has 0 radical (unpaired) electrons. The van der Waals surface area contributed by atoms with Crippen LogP contribution in [0.15, 0.2) is 36.4 Å². The Morgan fingerprint density at radius 1 is 0.897 bits per heavy atom. The standard InChI is InChI=1S/C20H19N3O6/c24-19(21-13-1-3-16-17(9-13)29-12-28-16)11-22-5-6-23(20(22)25)14-2-4-15-18(10-14)27-8-7-26-15/h1-4,9-10H,5-8,11-12H2,(H,21,24). The Balaban J connectivity index is 1.22. The first kappa shape index (κ1) is 17.5. The smallest absolute Gasteiger partial charge is 0.325 e. The van der Waals surface area contributed by atoms with Gasteiger partial charge in [-0.15, -0.1) is 0 Å². The van der Waals surface area contributed by atoms with Crippen LogP contribution in [0, 0.1) is 0 Å². The monoisotopic (exact) mass is 397 g/mol. The van der Waals surface area contributed by atoms with Crippen LogP contribution in [-0.2, 0) is 4.79 Å². The molecule has 0 unspecified atom stereocenters. The number of fused-ring (bicyclic) bond motifs is 2. The minimum absolute atomic E-state index is 0.0334. The number of carbonyl (C=O) groups is 2. The Morgan fingerprint density at radius 2 is 1.62 bits per heavy atom. The minimum Gasteiger partial charge on any atom is -0.486 e. The second kappa shape index (κ2) is 7.08. The van der Waals surface area contributed by atoms with Gasteiger partial charge in [0.15, 0.2) is 23.0 Å². The van der Waals surface area contributed by atoms with E-state index in [9.17, 15) is 9.59 Å². The molecule has 3 amide bonds. The minimum atomic E-state index is -0.277. The Hall–Kier alpha value is -3.62. The third kappa shape index (κ3) is 3.35. The fourth-order valence-corrected chi connectivity index (χ4v) is 3.52. The summed E-state index contributed by atoms with van der Waals surface area (Å²) in [5, 5.41) is 2.79. The lowest BCUT2D eigenvalue weighted by Gasteiger charge is -2.22. The van der Waals surface area contributed by atoms with E-state index in [0.29, 0.717) is 55.0 Å². The number of carbonyl (C=O) groups excluding carboxylic acids is 2. The largest absolute Gasteiger partial charge is 0.486 e. The predicted molar refractivity (Wildman–Crippen MR) is 103 cm³/mol. The highest BCUT2D eigenvalue weighted by molar-refractivity contribution is 5.99. The number of urea groups is 1. The van der Waals surface area contributed by atoms with Crippen molar-refractivity contribution in [2.24, 2.45) is 0 Å². The van der Waals surface area contributed by atoms with Gasteiger partial charge in [0.05, 0.1) is 0 Å². The molecule has 3 aliphatic rings. The molecular weight excluding hydrogens is 378 g/mol. The summed E-state index contributed by atoms with van der Waals surface area (Å²) in [5.74, 6) is 2.26. The van der Waals surface area contributed by atoms with E-state index in [2.05, 4.69) is 5.32 Å². The molecule has 2 aromatic rings. The van der Waals surface area contributed by atoms with Gasteiger partial charge in [0.2, 0.25) is 12.7 Å². The summed E-state index contributed by atoms with van der Waals surface area (Å²) in [5.41, 5.74) is 1.31. The van der Waals surface area contributed by atoms with E-state index in [-0.39, 0.29) is 25.3 Å². The lowest BCUT2D eigenvalue weighted by Crippen LogP contribution is -2.37. The molecule has 0 bridgehead atoms. The fraction of sp³-hybridized carbons (Fsp3) is 0.300. The summed E-state index contributed by atoms with van der Waals surface area (Å²) in [6, 6.07) is 10.4. The Bertz CT molecular complexity index is 979. The highest BCUT2D eigenvalue weighted by Crippen LogP contribution is 2.35. The summed E-state index contributed by atoms with van der Waals surface area (Å²) < 4.78 is 21.7. The molecule has 3 heterocycles. The van der Waals surface area contributed by atoms with Gasteiger partial charge < -0.3 is 29.2 Å². The van der Waals surface area contributed by atoms with Crippen molar-refractivity contribution in [3.8, 4) is 23.0 Å². The van der Waals surface area contributed by atoms with E-state index in [1.165, 1.54) is 4.90 Å². The number of anilines is 2. The third-order valence-corrected chi connectivity index (χ3v) is 4.92. The van der Waals surface area contributed by atoms with E-state index in [1.54, 1.807) is 35.2 Å². The molecule has 0 saturated carbocycles. The molecule has 0 atom stereocenters. The van der Waals surface area contributed by atoms with E-state index in [0.717, 1.165) is 5.69 Å². The van der Waals surface area contributed by atoms with Crippen molar-refractivity contribution in [1.29, 1.82) is 0 Å². The van der Waals surface area contributed by atoms with E-state index in [4.69, 9.17) is 18.9 Å². The highest BCUT2D eigenvalue weighted by Gasteiger charge is 2.31. The molecule has 150 valence electrons. The first-order valence-corrected chi connectivity index (χ1v) is 9.33. The zero-order valence-electron chi connectivity index (χ0n) is 15.6. The van der Waals surface area contributed by atoms with Crippen LogP contribution < -0.4 is 29.2 Å². The van der Waals surface area contributed by atoms with Gasteiger partial charge in [-0.2, -0.15) is 0 Å². The molecule has 2 aromatic carbocycles. The van der Waals surface area contributed by atoms with Gasteiger partial charge >= 0.3 is 6.03 Å². The van der Waals surface area contributed by atoms with Crippen LogP contribution in [0.3, 0.4) is 0 Å². The van der Waals surface area contributed by atoms with Gasteiger partial charge in [-0.25, -0.2) is 4.79 Å². The summed E-state index contributed by atoms with van der Waals surface area (Å²) in [4.78, 5) is 28.3. The number of amides is 3. The second-order valence-electron chi connectivity index (χ2n) is 6.80. The van der Waals surface area contributed by atoms with Crippen LogP contribution in [-0.4, -0.2) is 56.5 Å². The lowest BCUT2D eigenvalue weighted by molar-refractivity contribution is -0.116. The lowest BCUT2D eigenvalue weighted by atomic mass is 10.2. The van der Waals surface area contributed by atoms with Gasteiger partial charge in [0.1, 0.15) is 19.8 Å². The van der Waals surface area contributed by atoms with Crippen molar-refractivity contribution in [2.75, 3.05) is 49.9 Å². The summed E-state index contributed by atoms with van der Waals surface area (Å²) in [7, 11) is 0. The number of hydrogen-bond acceptors (Lipinski definition) is 6. The van der Waals surface area contributed by atoms with Crippen molar-refractivity contribution in [1.82, 2.24) is 4.90 Å². The molecular formula is C20H19N3O6. The second-order valence-corrected chi connectivity index (χ2v) is 6.80. The van der Waals surface area contributed by atoms with Crippen LogP contribution in [0.4, 0.5) is 16.2 Å². The van der Waals surface area contributed by atoms with Crippen LogP contribution >= 0.6 is 0 Å². The number of nitrogens with one attached hydrogen (secondary N) is 1. The van der Waals surface area contributed by atoms with Gasteiger partial charge in [-0.1, -0.05) is 0 Å². The topological polar surface area (TPSA) is 89.6 Å².